The summed E-state index contributed by atoms with van der Waals surface area (Å²) in [6.07, 6.45) is 0. The Bertz CT molecular complexity index is 903. The zero-order chi connectivity index (χ0) is 14.3. The lowest BCUT2D eigenvalue weighted by molar-refractivity contribution is 1.11. The molecule has 0 spiro atoms. The van der Waals surface area contributed by atoms with E-state index in [2.05, 4.69) is 11.1 Å². The van der Waals surface area contributed by atoms with Crippen LogP contribution in [0.1, 0.15) is 5.56 Å². The number of nitrogens with two attached hydrogens (primary N) is 1. The second-order valence-corrected chi connectivity index (χ2v) is 4.62. The highest BCUT2D eigenvalue weighted by Gasteiger charge is 2.20. The molecule has 6 heteroatoms. The van der Waals surface area contributed by atoms with Crippen molar-refractivity contribution in [3.05, 3.63) is 57.5 Å². The number of anilines is 1. The van der Waals surface area contributed by atoms with Gasteiger partial charge in [0, 0.05) is 11.6 Å². The molecule has 3 aromatic rings. The molecule has 0 saturated heterocycles. The number of nitrogens with zero attached hydrogens (tertiary/aromatic N) is 2. The van der Waals surface area contributed by atoms with Gasteiger partial charge >= 0.3 is 0 Å². The Kier molecular flexibility index (Phi) is 2.74. The normalized spacial score (nSPS) is 10.6. The standard InChI is InChI=1S/C14H9ClN4O/c15-13-12(8-4-2-1-3-5-8)9(7-16)14-18-11(20)6-10(17)19(13)14/h1-6H,17H2,(H,18,20). The zero-order valence-electron chi connectivity index (χ0n) is 10.2. The first-order chi connectivity index (χ1) is 9.63. The third kappa shape index (κ3) is 1.67. The number of halogens is 1. The molecule has 0 saturated carbocycles. The maximum Gasteiger partial charge on any atom is 0.253 e. The molecule has 98 valence electrons. The molecule has 3 N–H and O–H groups in total. The molecule has 0 bridgehead atoms. The topological polar surface area (TPSA) is 87.1 Å². The SMILES string of the molecule is N#Cc1c(-c2ccccc2)c(Cl)n2c(N)cc(=O)[nH]c12. The number of aromatic amines is 1. The Hall–Kier alpha value is -2.71. The molecule has 3 rings (SSSR count). The number of nitrogens with one attached hydrogen (secondary N) is 1. The summed E-state index contributed by atoms with van der Waals surface area (Å²) in [5.41, 5.74) is 7.40. The van der Waals surface area contributed by atoms with Gasteiger partial charge in [0.2, 0.25) is 0 Å². The molecule has 0 amide bonds. The minimum absolute atomic E-state index is 0.187. The van der Waals surface area contributed by atoms with Crippen LogP contribution in [0.5, 0.6) is 0 Å². The van der Waals surface area contributed by atoms with E-state index in [4.69, 9.17) is 17.3 Å². The van der Waals surface area contributed by atoms with E-state index < -0.39 is 0 Å². The van der Waals surface area contributed by atoms with Crippen LogP contribution >= 0.6 is 11.6 Å². The molecule has 0 unspecified atom stereocenters. The van der Waals surface area contributed by atoms with Crippen LogP contribution < -0.4 is 11.3 Å². The van der Waals surface area contributed by atoms with Gasteiger partial charge in [0.1, 0.15) is 28.3 Å². The molecule has 2 heterocycles. The summed E-state index contributed by atoms with van der Waals surface area (Å²) in [6.45, 7) is 0. The van der Waals surface area contributed by atoms with Crippen LogP contribution in [0, 0.1) is 11.3 Å². The maximum absolute atomic E-state index is 11.5. The second kappa shape index (κ2) is 4.44. The van der Waals surface area contributed by atoms with Gasteiger partial charge in [0.15, 0.2) is 0 Å². The lowest BCUT2D eigenvalue weighted by Crippen LogP contribution is -2.10. The monoisotopic (exact) mass is 284 g/mol. The van der Waals surface area contributed by atoms with Gasteiger partial charge in [-0.05, 0) is 5.56 Å². The first-order valence-corrected chi connectivity index (χ1v) is 6.19. The second-order valence-electron chi connectivity index (χ2n) is 4.26. The Balaban J connectivity index is 2.51. The number of hydrogen-bond acceptors (Lipinski definition) is 3. The van der Waals surface area contributed by atoms with Crippen LogP contribution in [-0.4, -0.2) is 9.38 Å². The Labute approximate surface area is 118 Å². The molecule has 5 nitrogen and oxygen atoms in total. The maximum atomic E-state index is 11.5. The number of nitriles is 1. The molecule has 20 heavy (non-hydrogen) atoms. The highest BCUT2D eigenvalue weighted by Crippen LogP contribution is 2.35. The van der Waals surface area contributed by atoms with Gasteiger partial charge in [0.25, 0.3) is 5.56 Å². The summed E-state index contributed by atoms with van der Waals surface area (Å²) in [4.78, 5) is 14.1. The van der Waals surface area contributed by atoms with Crippen molar-refractivity contribution < 1.29 is 0 Å². The molecular formula is C14H9ClN4O. The summed E-state index contributed by atoms with van der Waals surface area (Å²) in [5.74, 6) is 0.187. The fourth-order valence-corrected chi connectivity index (χ4v) is 2.62. The minimum Gasteiger partial charge on any atom is -0.385 e. The van der Waals surface area contributed by atoms with Gasteiger partial charge in [0.05, 0.1) is 0 Å². The van der Waals surface area contributed by atoms with E-state index in [1.165, 1.54) is 10.5 Å². The van der Waals surface area contributed by atoms with Crippen molar-refractivity contribution in [1.29, 1.82) is 5.26 Å². The van der Waals surface area contributed by atoms with E-state index in [1.54, 1.807) is 0 Å². The quantitative estimate of drug-likeness (QED) is 0.719. The van der Waals surface area contributed by atoms with Gasteiger partial charge in [-0.2, -0.15) is 5.26 Å². The van der Waals surface area contributed by atoms with E-state index in [1.807, 2.05) is 30.3 Å². The first kappa shape index (κ1) is 12.3. The molecule has 2 aromatic heterocycles. The number of fused-ring (bicyclic) bond motifs is 1. The van der Waals surface area contributed by atoms with Crippen LogP contribution in [0.2, 0.25) is 5.15 Å². The van der Waals surface area contributed by atoms with E-state index in [-0.39, 0.29) is 11.4 Å². The van der Waals surface area contributed by atoms with Crippen LogP contribution in [0.3, 0.4) is 0 Å². The molecule has 0 fully saturated rings. The van der Waals surface area contributed by atoms with Crippen molar-refractivity contribution in [3.8, 4) is 17.2 Å². The molecule has 1 aromatic carbocycles. The van der Waals surface area contributed by atoms with E-state index >= 15 is 0 Å². The van der Waals surface area contributed by atoms with Gasteiger partial charge < -0.3 is 10.7 Å². The van der Waals surface area contributed by atoms with E-state index in [9.17, 15) is 10.1 Å². The number of benzene rings is 1. The number of hydrogen-bond donors (Lipinski definition) is 2. The largest absolute Gasteiger partial charge is 0.385 e. The summed E-state index contributed by atoms with van der Waals surface area (Å²) >= 11 is 6.34. The van der Waals surface area contributed by atoms with Gasteiger partial charge in [-0.3, -0.25) is 9.20 Å². The third-order valence-corrected chi connectivity index (χ3v) is 3.42. The summed E-state index contributed by atoms with van der Waals surface area (Å²) in [7, 11) is 0. The van der Waals surface area contributed by atoms with E-state index in [0.717, 1.165) is 5.56 Å². The van der Waals surface area contributed by atoms with Gasteiger partial charge in [-0.25, -0.2) is 0 Å². The lowest BCUT2D eigenvalue weighted by atomic mass is 10.1. The smallest absolute Gasteiger partial charge is 0.253 e. The van der Waals surface area contributed by atoms with Crippen molar-refractivity contribution in [3.63, 3.8) is 0 Å². The fourth-order valence-electron chi connectivity index (χ4n) is 2.23. The van der Waals surface area contributed by atoms with Crippen molar-refractivity contribution in [2.45, 2.75) is 0 Å². The van der Waals surface area contributed by atoms with Crippen LogP contribution in [0.4, 0.5) is 5.82 Å². The van der Waals surface area contributed by atoms with Crippen LogP contribution in [-0.2, 0) is 0 Å². The number of rotatable bonds is 1. The first-order valence-electron chi connectivity index (χ1n) is 5.81. The number of nitrogen functional groups attached to an aromatic ring is 1. The molecule has 0 radical (unpaired) electrons. The molecule has 0 aliphatic heterocycles. The predicted molar refractivity (Wildman–Crippen MR) is 77.6 cm³/mol. The Morgan fingerprint density at radius 2 is 2.00 bits per heavy atom. The van der Waals surface area contributed by atoms with Crippen LogP contribution in [0.25, 0.3) is 16.8 Å². The highest BCUT2D eigenvalue weighted by molar-refractivity contribution is 6.33. The van der Waals surface area contributed by atoms with Gasteiger partial charge in [-0.1, -0.05) is 41.9 Å². The van der Waals surface area contributed by atoms with Crippen LogP contribution in [0.15, 0.2) is 41.2 Å². The average Bonchev–Trinajstić information content (AvgIpc) is 2.72. The fraction of sp³-hybridized carbons (Fsp3) is 0. The average molecular weight is 285 g/mol. The lowest BCUT2D eigenvalue weighted by Gasteiger charge is -2.01. The van der Waals surface area contributed by atoms with Crippen molar-refractivity contribution in [2.75, 3.05) is 5.73 Å². The van der Waals surface area contributed by atoms with Crippen molar-refractivity contribution in [2.24, 2.45) is 0 Å². The molecule has 0 atom stereocenters. The Morgan fingerprint density at radius 1 is 1.30 bits per heavy atom. The van der Waals surface area contributed by atoms with Crippen molar-refractivity contribution in [1.82, 2.24) is 9.38 Å². The summed E-state index contributed by atoms with van der Waals surface area (Å²) in [5, 5.41) is 9.69. The summed E-state index contributed by atoms with van der Waals surface area (Å²) in [6, 6.07) is 12.6. The van der Waals surface area contributed by atoms with E-state index in [0.29, 0.717) is 21.9 Å². The minimum atomic E-state index is -0.375. The highest BCUT2D eigenvalue weighted by atomic mass is 35.5. The summed E-state index contributed by atoms with van der Waals surface area (Å²) < 4.78 is 1.46. The zero-order valence-corrected chi connectivity index (χ0v) is 11.0. The van der Waals surface area contributed by atoms with Gasteiger partial charge in [-0.15, -0.1) is 0 Å². The molecular weight excluding hydrogens is 276 g/mol. The Morgan fingerprint density at radius 3 is 2.65 bits per heavy atom. The molecule has 0 aliphatic carbocycles. The number of H-pyrrole nitrogens is 1. The third-order valence-electron chi connectivity index (χ3n) is 3.07. The van der Waals surface area contributed by atoms with Crippen molar-refractivity contribution >= 4 is 23.1 Å². The predicted octanol–water partition coefficient (Wildman–Crippen LogP) is 2.40. The molecule has 0 aliphatic rings. The number of aromatic nitrogens is 2.